The molecule has 25 heavy (non-hydrogen) atoms. The summed E-state index contributed by atoms with van der Waals surface area (Å²) in [6, 6.07) is 2.60. The van der Waals surface area contributed by atoms with Crippen molar-refractivity contribution in [2.24, 2.45) is 0 Å². The van der Waals surface area contributed by atoms with E-state index in [1.807, 2.05) is 0 Å². The van der Waals surface area contributed by atoms with Gasteiger partial charge in [-0.2, -0.15) is 0 Å². The second-order valence-corrected chi connectivity index (χ2v) is 8.20. The zero-order valence-electron chi connectivity index (χ0n) is 14.4. The largest absolute Gasteiger partial charge is 0.444 e. The van der Waals surface area contributed by atoms with Crippen LogP contribution in [0.3, 0.4) is 0 Å². The van der Waals surface area contributed by atoms with E-state index in [1.54, 1.807) is 25.7 Å². The molecule has 1 saturated heterocycles. The van der Waals surface area contributed by atoms with E-state index in [2.05, 4.69) is 21.2 Å². The molecule has 1 fully saturated rings. The van der Waals surface area contributed by atoms with Gasteiger partial charge in [0.05, 0.1) is 5.02 Å². The fraction of sp³-hybridized carbons (Fsp3) is 0.529. The van der Waals surface area contributed by atoms with Crippen molar-refractivity contribution in [1.29, 1.82) is 0 Å². The van der Waals surface area contributed by atoms with Crippen LogP contribution in [0.5, 0.6) is 0 Å². The monoisotopic (exact) mass is 434 g/mol. The number of nitrogens with one attached hydrogen (secondary N) is 1. The van der Waals surface area contributed by atoms with Crippen LogP contribution in [0.25, 0.3) is 0 Å². The van der Waals surface area contributed by atoms with Crippen molar-refractivity contribution in [2.75, 3.05) is 13.1 Å². The Bertz CT molecular complexity index is 647. The van der Waals surface area contributed by atoms with Crippen LogP contribution in [-0.2, 0) is 4.74 Å². The van der Waals surface area contributed by atoms with Gasteiger partial charge in [0, 0.05) is 29.2 Å². The number of benzene rings is 1. The normalized spacial score (nSPS) is 15.8. The lowest BCUT2D eigenvalue weighted by atomic mass is 10.0. The van der Waals surface area contributed by atoms with Crippen LogP contribution in [0.15, 0.2) is 16.6 Å². The standard InChI is InChI=1S/C17H21BrClFN2O3/c1-17(2,3)25-16(24)21-11-4-6-22(7-5-11)15(23)10-8-12(18)14(19)13(20)9-10/h8-9,11H,4-7H2,1-3H3,(H,21,24). The van der Waals surface area contributed by atoms with Gasteiger partial charge in [-0.1, -0.05) is 11.6 Å². The van der Waals surface area contributed by atoms with E-state index in [1.165, 1.54) is 6.07 Å². The zero-order valence-corrected chi connectivity index (χ0v) is 16.7. The third-order valence-corrected chi connectivity index (χ3v) is 4.97. The molecule has 2 amide bonds. The van der Waals surface area contributed by atoms with Crippen LogP contribution in [0.4, 0.5) is 9.18 Å². The maximum atomic E-state index is 13.7. The van der Waals surface area contributed by atoms with Crippen molar-refractivity contribution in [3.8, 4) is 0 Å². The molecule has 1 aliphatic heterocycles. The molecule has 0 radical (unpaired) electrons. The van der Waals surface area contributed by atoms with E-state index in [0.717, 1.165) is 6.07 Å². The number of hydrogen-bond acceptors (Lipinski definition) is 3. The Kier molecular flexibility index (Phi) is 6.32. The lowest BCUT2D eigenvalue weighted by Crippen LogP contribution is -2.47. The highest BCUT2D eigenvalue weighted by Gasteiger charge is 2.27. The minimum absolute atomic E-state index is 0.0446. The summed E-state index contributed by atoms with van der Waals surface area (Å²) < 4.78 is 19.3. The number of nitrogens with zero attached hydrogens (tertiary/aromatic N) is 1. The van der Waals surface area contributed by atoms with E-state index in [9.17, 15) is 14.0 Å². The van der Waals surface area contributed by atoms with Crippen LogP contribution < -0.4 is 5.32 Å². The molecule has 1 aliphatic rings. The second kappa shape index (κ2) is 7.91. The Morgan fingerprint density at radius 2 is 1.92 bits per heavy atom. The van der Waals surface area contributed by atoms with Gasteiger partial charge in [-0.15, -0.1) is 0 Å². The summed E-state index contributed by atoms with van der Waals surface area (Å²) in [7, 11) is 0. The summed E-state index contributed by atoms with van der Waals surface area (Å²) in [6.45, 7) is 6.36. The molecule has 0 atom stereocenters. The molecule has 0 spiro atoms. The fourth-order valence-electron chi connectivity index (χ4n) is 2.56. The van der Waals surface area contributed by atoms with E-state index >= 15 is 0 Å². The highest BCUT2D eigenvalue weighted by molar-refractivity contribution is 9.10. The Morgan fingerprint density at radius 1 is 1.32 bits per heavy atom. The van der Waals surface area contributed by atoms with Crippen molar-refractivity contribution in [1.82, 2.24) is 10.2 Å². The molecule has 0 saturated carbocycles. The molecule has 5 nitrogen and oxygen atoms in total. The number of carbonyl (C=O) groups excluding carboxylic acids is 2. The number of piperidine rings is 1. The predicted octanol–water partition coefficient (Wildman–Crippen LogP) is 4.37. The molecular formula is C17H21BrClFN2O3. The molecular weight excluding hydrogens is 415 g/mol. The molecule has 0 unspecified atom stereocenters. The first-order valence-electron chi connectivity index (χ1n) is 8.00. The van der Waals surface area contributed by atoms with Gasteiger partial charge >= 0.3 is 6.09 Å². The third kappa shape index (κ3) is 5.57. The Balaban J connectivity index is 1.91. The van der Waals surface area contributed by atoms with Gasteiger partial charge in [0.1, 0.15) is 11.4 Å². The van der Waals surface area contributed by atoms with Crippen molar-refractivity contribution < 1.29 is 18.7 Å². The molecule has 0 aliphatic carbocycles. The SMILES string of the molecule is CC(C)(C)OC(=O)NC1CCN(C(=O)c2cc(F)c(Cl)c(Br)c2)CC1. The highest BCUT2D eigenvalue weighted by Crippen LogP contribution is 2.28. The van der Waals surface area contributed by atoms with Crippen molar-refractivity contribution >= 4 is 39.5 Å². The Labute approximate surface area is 160 Å². The van der Waals surface area contributed by atoms with Gasteiger partial charge in [0.15, 0.2) is 0 Å². The molecule has 0 bridgehead atoms. The van der Waals surface area contributed by atoms with Crippen molar-refractivity contribution in [3.05, 3.63) is 33.0 Å². The number of alkyl carbamates (subject to hydrolysis) is 1. The average molecular weight is 436 g/mol. The van der Waals surface area contributed by atoms with Gasteiger partial charge in [0.25, 0.3) is 5.91 Å². The maximum absolute atomic E-state index is 13.7. The summed E-state index contributed by atoms with van der Waals surface area (Å²) >= 11 is 8.90. The average Bonchev–Trinajstić information content (AvgIpc) is 2.50. The lowest BCUT2D eigenvalue weighted by molar-refractivity contribution is 0.0473. The van der Waals surface area contributed by atoms with Crippen molar-refractivity contribution in [3.63, 3.8) is 0 Å². The number of ether oxygens (including phenoxy) is 1. The predicted molar refractivity (Wildman–Crippen MR) is 97.4 cm³/mol. The Morgan fingerprint density at radius 3 is 2.44 bits per heavy atom. The topological polar surface area (TPSA) is 58.6 Å². The minimum atomic E-state index is -0.638. The summed E-state index contributed by atoms with van der Waals surface area (Å²) in [5, 5.41) is 2.77. The van der Waals surface area contributed by atoms with Gasteiger partial charge in [-0.3, -0.25) is 4.79 Å². The number of likely N-dealkylation sites (tertiary alicyclic amines) is 1. The summed E-state index contributed by atoms with van der Waals surface area (Å²) in [5.41, 5.74) is -0.306. The maximum Gasteiger partial charge on any atom is 0.407 e. The van der Waals surface area contributed by atoms with Crippen LogP contribution in [-0.4, -0.2) is 41.6 Å². The number of hydrogen-bond donors (Lipinski definition) is 1. The molecule has 138 valence electrons. The number of amides is 2. The molecule has 1 heterocycles. The second-order valence-electron chi connectivity index (χ2n) is 6.97. The quantitative estimate of drug-likeness (QED) is 0.702. The molecule has 1 N–H and O–H groups in total. The van der Waals surface area contributed by atoms with Crippen LogP contribution in [0.2, 0.25) is 5.02 Å². The zero-order chi connectivity index (χ0) is 18.8. The van der Waals surface area contributed by atoms with Gasteiger partial charge in [0.2, 0.25) is 0 Å². The number of carbonyl (C=O) groups is 2. The fourth-order valence-corrected chi connectivity index (χ4v) is 3.11. The van der Waals surface area contributed by atoms with E-state index in [0.29, 0.717) is 30.4 Å². The molecule has 1 aromatic rings. The molecule has 2 rings (SSSR count). The summed E-state index contributed by atoms with van der Waals surface area (Å²) in [4.78, 5) is 26.0. The number of rotatable bonds is 2. The first-order chi connectivity index (χ1) is 11.6. The number of halogens is 3. The smallest absolute Gasteiger partial charge is 0.407 e. The van der Waals surface area contributed by atoms with Gasteiger partial charge in [-0.25, -0.2) is 9.18 Å². The highest BCUT2D eigenvalue weighted by atomic mass is 79.9. The van der Waals surface area contributed by atoms with Crippen LogP contribution in [0.1, 0.15) is 44.0 Å². The van der Waals surface area contributed by atoms with Crippen LogP contribution >= 0.6 is 27.5 Å². The van der Waals surface area contributed by atoms with Gasteiger partial charge < -0.3 is 15.0 Å². The van der Waals surface area contributed by atoms with E-state index < -0.39 is 17.5 Å². The molecule has 1 aromatic carbocycles. The Hall–Kier alpha value is -1.34. The van der Waals surface area contributed by atoms with Crippen LogP contribution in [0, 0.1) is 5.82 Å². The third-order valence-electron chi connectivity index (χ3n) is 3.73. The lowest BCUT2D eigenvalue weighted by Gasteiger charge is -2.33. The summed E-state index contributed by atoms with van der Waals surface area (Å²) in [6.07, 6.45) is 0.769. The first-order valence-corrected chi connectivity index (χ1v) is 9.17. The summed E-state index contributed by atoms with van der Waals surface area (Å²) in [5.74, 6) is -0.896. The first kappa shape index (κ1) is 20.0. The molecule has 8 heteroatoms. The van der Waals surface area contributed by atoms with E-state index in [-0.39, 0.29) is 22.5 Å². The van der Waals surface area contributed by atoms with Gasteiger partial charge in [-0.05, 0) is 61.7 Å². The molecule has 0 aromatic heterocycles. The van der Waals surface area contributed by atoms with E-state index in [4.69, 9.17) is 16.3 Å². The minimum Gasteiger partial charge on any atom is -0.444 e. The van der Waals surface area contributed by atoms with Crippen molar-refractivity contribution in [2.45, 2.75) is 45.3 Å².